The van der Waals surface area contributed by atoms with Gasteiger partial charge < -0.3 is 14.8 Å². The van der Waals surface area contributed by atoms with Crippen LogP contribution in [0, 0.1) is 17.5 Å². The highest BCUT2D eigenvalue weighted by molar-refractivity contribution is 5.97. The second kappa shape index (κ2) is 8.57. The van der Waals surface area contributed by atoms with E-state index in [1.54, 1.807) is 12.1 Å². The summed E-state index contributed by atoms with van der Waals surface area (Å²) in [6.07, 6.45) is -1.32. The number of hydrogen-bond donors (Lipinski definition) is 1. The molecule has 2 rings (SSSR count). The number of nitrogens with one attached hydrogen (secondary N) is 1. The number of amides is 1. The molecule has 0 unspecified atom stereocenters. The Labute approximate surface area is 154 Å². The van der Waals surface area contributed by atoms with Crippen LogP contribution in [0.2, 0.25) is 0 Å². The maximum Gasteiger partial charge on any atom is 0.338 e. The number of carbonyl (C=O) groups is 2. The Balaban J connectivity index is 1.99. The van der Waals surface area contributed by atoms with Gasteiger partial charge in [0.25, 0.3) is 5.91 Å². The van der Waals surface area contributed by atoms with E-state index in [2.05, 4.69) is 0 Å². The predicted molar refractivity (Wildman–Crippen MR) is 92.0 cm³/mol. The van der Waals surface area contributed by atoms with E-state index < -0.39 is 41.1 Å². The zero-order chi connectivity index (χ0) is 20.1. The fourth-order valence-electron chi connectivity index (χ4n) is 2.08. The largest absolute Gasteiger partial charge is 0.491 e. The minimum absolute atomic E-state index is 0.0248. The monoisotopic (exact) mass is 381 g/mol. The summed E-state index contributed by atoms with van der Waals surface area (Å²) in [6, 6.07) is 7.65. The summed E-state index contributed by atoms with van der Waals surface area (Å²) < 4.78 is 50.1. The van der Waals surface area contributed by atoms with Crippen molar-refractivity contribution in [3.63, 3.8) is 0 Å². The van der Waals surface area contributed by atoms with Crippen molar-refractivity contribution in [2.45, 2.75) is 33.0 Å². The fourth-order valence-corrected chi connectivity index (χ4v) is 2.08. The minimum Gasteiger partial charge on any atom is -0.491 e. The molecule has 0 heterocycles. The van der Waals surface area contributed by atoms with Gasteiger partial charge in [-0.3, -0.25) is 4.79 Å². The maximum absolute atomic E-state index is 13.6. The molecule has 5 nitrogen and oxygen atoms in total. The van der Waals surface area contributed by atoms with Crippen LogP contribution >= 0.6 is 0 Å². The number of ether oxygens (including phenoxy) is 2. The van der Waals surface area contributed by atoms with Crippen molar-refractivity contribution in [2.24, 2.45) is 0 Å². The van der Waals surface area contributed by atoms with E-state index in [1.807, 2.05) is 19.2 Å². The standard InChI is InChI=1S/C19H18F3NO4/c1-10(2)26-13-6-4-12(5-7-13)19(25)27-11(3)18(24)23-15-9-8-14(20)16(21)17(15)22/h4-11H,1-3H3,(H,23,24)/t11-/m0/s1. The topological polar surface area (TPSA) is 64.6 Å². The van der Waals surface area contributed by atoms with Gasteiger partial charge in [-0.05, 0) is 57.2 Å². The molecular formula is C19H18F3NO4. The number of benzene rings is 2. The molecule has 1 amide bonds. The molecule has 0 aliphatic carbocycles. The van der Waals surface area contributed by atoms with Crippen molar-refractivity contribution < 1.29 is 32.2 Å². The summed E-state index contributed by atoms with van der Waals surface area (Å²) in [5.74, 6) is -5.73. The van der Waals surface area contributed by atoms with E-state index in [9.17, 15) is 22.8 Å². The molecule has 0 aromatic heterocycles. The summed E-state index contributed by atoms with van der Waals surface area (Å²) in [6.45, 7) is 4.98. The molecule has 0 saturated carbocycles. The Hall–Kier alpha value is -3.03. The smallest absolute Gasteiger partial charge is 0.338 e. The average Bonchev–Trinajstić information content (AvgIpc) is 2.62. The van der Waals surface area contributed by atoms with E-state index in [-0.39, 0.29) is 11.7 Å². The lowest BCUT2D eigenvalue weighted by molar-refractivity contribution is -0.123. The van der Waals surface area contributed by atoms with Crippen molar-refractivity contribution in [1.82, 2.24) is 0 Å². The molecule has 2 aromatic rings. The van der Waals surface area contributed by atoms with E-state index in [1.165, 1.54) is 19.1 Å². The van der Waals surface area contributed by atoms with Gasteiger partial charge in [0.15, 0.2) is 23.6 Å². The first-order valence-electron chi connectivity index (χ1n) is 8.11. The van der Waals surface area contributed by atoms with E-state index in [0.717, 1.165) is 6.07 Å². The molecule has 0 aliphatic rings. The highest BCUT2D eigenvalue weighted by atomic mass is 19.2. The molecule has 0 fully saturated rings. The Kier molecular flexibility index (Phi) is 6.44. The lowest BCUT2D eigenvalue weighted by atomic mass is 10.2. The molecule has 1 N–H and O–H groups in total. The van der Waals surface area contributed by atoms with E-state index in [4.69, 9.17) is 9.47 Å². The maximum atomic E-state index is 13.6. The third-order valence-corrected chi connectivity index (χ3v) is 3.41. The van der Waals surface area contributed by atoms with Crippen LogP contribution in [0.5, 0.6) is 5.75 Å². The second-order valence-corrected chi connectivity index (χ2v) is 5.95. The Morgan fingerprint density at radius 3 is 2.15 bits per heavy atom. The molecular weight excluding hydrogens is 363 g/mol. The molecule has 27 heavy (non-hydrogen) atoms. The molecule has 2 aromatic carbocycles. The Morgan fingerprint density at radius 2 is 1.56 bits per heavy atom. The van der Waals surface area contributed by atoms with Gasteiger partial charge in [-0.15, -0.1) is 0 Å². The summed E-state index contributed by atoms with van der Waals surface area (Å²) in [7, 11) is 0. The van der Waals surface area contributed by atoms with Gasteiger partial charge in [0.1, 0.15) is 5.75 Å². The van der Waals surface area contributed by atoms with Crippen molar-refractivity contribution in [3.05, 3.63) is 59.4 Å². The molecule has 0 radical (unpaired) electrons. The van der Waals surface area contributed by atoms with Gasteiger partial charge in [-0.25, -0.2) is 18.0 Å². The number of carbonyl (C=O) groups excluding carboxylic acids is 2. The lowest BCUT2D eigenvalue weighted by Gasteiger charge is -2.14. The van der Waals surface area contributed by atoms with Crippen molar-refractivity contribution in [3.8, 4) is 5.75 Å². The van der Waals surface area contributed by atoms with Gasteiger partial charge in [-0.2, -0.15) is 0 Å². The summed E-state index contributed by atoms with van der Waals surface area (Å²) >= 11 is 0. The number of halogens is 3. The van der Waals surface area contributed by atoms with E-state index in [0.29, 0.717) is 11.8 Å². The summed E-state index contributed by atoms with van der Waals surface area (Å²) in [5.41, 5.74) is -0.373. The first-order chi connectivity index (χ1) is 12.7. The molecule has 8 heteroatoms. The summed E-state index contributed by atoms with van der Waals surface area (Å²) in [4.78, 5) is 24.1. The predicted octanol–water partition coefficient (Wildman–Crippen LogP) is 4.08. The van der Waals surface area contributed by atoms with Crippen molar-refractivity contribution >= 4 is 17.6 Å². The highest BCUT2D eigenvalue weighted by Crippen LogP contribution is 2.20. The van der Waals surface area contributed by atoms with Crippen LogP contribution in [0.1, 0.15) is 31.1 Å². The van der Waals surface area contributed by atoms with Gasteiger partial charge in [-0.1, -0.05) is 0 Å². The molecule has 0 spiro atoms. The van der Waals surface area contributed by atoms with Crippen LogP contribution in [0.15, 0.2) is 36.4 Å². The fraction of sp³-hybridized carbons (Fsp3) is 0.263. The zero-order valence-electron chi connectivity index (χ0n) is 14.9. The minimum atomic E-state index is -1.71. The third-order valence-electron chi connectivity index (χ3n) is 3.41. The Bertz CT molecular complexity index is 838. The average molecular weight is 381 g/mol. The van der Waals surface area contributed by atoms with Crippen LogP contribution in [0.25, 0.3) is 0 Å². The van der Waals surface area contributed by atoms with Gasteiger partial charge in [0.2, 0.25) is 0 Å². The zero-order valence-corrected chi connectivity index (χ0v) is 14.9. The van der Waals surface area contributed by atoms with Crippen LogP contribution in [-0.2, 0) is 9.53 Å². The summed E-state index contributed by atoms with van der Waals surface area (Å²) in [5, 5.41) is 2.05. The molecule has 0 saturated heterocycles. The number of anilines is 1. The third kappa shape index (κ3) is 5.22. The molecule has 1 atom stereocenters. The van der Waals surface area contributed by atoms with Gasteiger partial charge in [0.05, 0.1) is 17.4 Å². The van der Waals surface area contributed by atoms with Crippen LogP contribution in [0.3, 0.4) is 0 Å². The van der Waals surface area contributed by atoms with Crippen molar-refractivity contribution in [2.75, 3.05) is 5.32 Å². The molecule has 0 aliphatic heterocycles. The number of rotatable bonds is 6. The van der Waals surface area contributed by atoms with Crippen molar-refractivity contribution in [1.29, 1.82) is 0 Å². The first kappa shape index (κ1) is 20.3. The number of esters is 1. The highest BCUT2D eigenvalue weighted by Gasteiger charge is 2.22. The van der Waals surface area contributed by atoms with Gasteiger partial charge in [0, 0.05) is 0 Å². The lowest BCUT2D eigenvalue weighted by Crippen LogP contribution is -2.30. The second-order valence-electron chi connectivity index (χ2n) is 5.95. The molecule has 144 valence electrons. The number of hydrogen-bond acceptors (Lipinski definition) is 4. The van der Waals surface area contributed by atoms with Gasteiger partial charge >= 0.3 is 5.97 Å². The Morgan fingerprint density at radius 1 is 0.926 bits per heavy atom. The SMILES string of the molecule is CC(C)Oc1ccc(C(=O)O[C@@H](C)C(=O)Nc2ccc(F)c(F)c2F)cc1. The van der Waals surface area contributed by atoms with Crippen LogP contribution in [0.4, 0.5) is 18.9 Å². The van der Waals surface area contributed by atoms with Crippen LogP contribution < -0.4 is 10.1 Å². The first-order valence-corrected chi connectivity index (χ1v) is 8.11. The quantitative estimate of drug-likeness (QED) is 0.605. The van der Waals surface area contributed by atoms with Crippen LogP contribution in [-0.4, -0.2) is 24.1 Å². The normalized spacial score (nSPS) is 11.8. The molecule has 0 bridgehead atoms. The van der Waals surface area contributed by atoms with E-state index >= 15 is 0 Å².